The molecular formula is C11H12ClFO. The Morgan fingerprint density at radius 2 is 2.21 bits per heavy atom. The summed E-state index contributed by atoms with van der Waals surface area (Å²) in [6.45, 7) is 1.87. The molecule has 14 heavy (non-hydrogen) atoms. The Bertz CT molecular complexity index is 336. The number of halogens is 2. The van der Waals surface area contributed by atoms with Crippen molar-refractivity contribution in [2.45, 2.75) is 26.2 Å². The van der Waals surface area contributed by atoms with E-state index in [1.165, 1.54) is 0 Å². The van der Waals surface area contributed by atoms with Crippen LogP contribution in [0.4, 0.5) is 4.39 Å². The molecule has 0 N–H and O–H groups in total. The molecule has 0 saturated carbocycles. The van der Waals surface area contributed by atoms with Crippen LogP contribution < -0.4 is 0 Å². The lowest BCUT2D eigenvalue weighted by Gasteiger charge is -2.05. The van der Waals surface area contributed by atoms with E-state index in [0.29, 0.717) is 24.8 Å². The van der Waals surface area contributed by atoms with Crippen molar-refractivity contribution in [3.8, 4) is 0 Å². The van der Waals surface area contributed by atoms with Crippen LogP contribution in [0.1, 0.15) is 24.5 Å². The fraction of sp³-hybridized carbons (Fsp3) is 0.364. The molecule has 1 nitrogen and oxygen atoms in total. The Morgan fingerprint density at radius 1 is 1.50 bits per heavy atom. The van der Waals surface area contributed by atoms with Gasteiger partial charge in [-0.3, -0.25) is 0 Å². The standard InChI is InChI=1S/C11H12ClFO/c1-2-9-6-8(4-3-5-14)7-10(12)11(9)13/h5-7H,2-4H2,1H3. The first-order chi connectivity index (χ1) is 6.69. The Balaban J connectivity index is 2.97. The number of aryl methyl sites for hydroxylation is 2. The maximum Gasteiger partial charge on any atom is 0.144 e. The van der Waals surface area contributed by atoms with Gasteiger partial charge < -0.3 is 4.79 Å². The van der Waals surface area contributed by atoms with E-state index in [1.807, 2.05) is 6.92 Å². The fourth-order valence-corrected chi connectivity index (χ4v) is 1.60. The first-order valence-electron chi connectivity index (χ1n) is 4.59. The summed E-state index contributed by atoms with van der Waals surface area (Å²) in [5.41, 5.74) is 1.53. The molecule has 0 spiro atoms. The van der Waals surface area contributed by atoms with Gasteiger partial charge in [0.25, 0.3) is 0 Å². The first-order valence-corrected chi connectivity index (χ1v) is 4.97. The van der Waals surface area contributed by atoms with Crippen LogP contribution in [0, 0.1) is 5.82 Å². The monoisotopic (exact) mass is 214 g/mol. The Morgan fingerprint density at radius 3 is 2.79 bits per heavy atom. The average molecular weight is 215 g/mol. The first kappa shape index (κ1) is 11.2. The third-order valence-corrected chi connectivity index (χ3v) is 2.37. The molecule has 0 bridgehead atoms. The topological polar surface area (TPSA) is 17.1 Å². The normalized spacial score (nSPS) is 10.2. The number of rotatable bonds is 4. The number of aldehydes is 1. The highest BCUT2D eigenvalue weighted by Gasteiger charge is 2.07. The zero-order chi connectivity index (χ0) is 10.6. The van der Waals surface area contributed by atoms with Gasteiger partial charge in [0.2, 0.25) is 0 Å². The lowest BCUT2D eigenvalue weighted by Crippen LogP contribution is -1.94. The quantitative estimate of drug-likeness (QED) is 0.704. The predicted octanol–water partition coefficient (Wildman–Crippen LogP) is 3.17. The lowest BCUT2D eigenvalue weighted by atomic mass is 10.0. The molecule has 0 heterocycles. The second-order valence-electron chi connectivity index (χ2n) is 3.11. The molecule has 0 aromatic heterocycles. The molecule has 0 saturated heterocycles. The molecule has 76 valence electrons. The van der Waals surface area contributed by atoms with Crippen LogP contribution in [0.25, 0.3) is 0 Å². The van der Waals surface area contributed by atoms with Crippen molar-refractivity contribution >= 4 is 17.9 Å². The molecule has 0 fully saturated rings. The van der Waals surface area contributed by atoms with Gasteiger partial charge in [0.05, 0.1) is 5.02 Å². The van der Waals surface area contributed by atoms with E-state index in [0.717, 1.165) is 11.8 Å². The van der Waals surface area contributed by atoms with Crippen LogP contribution in [0.15, 0.2) is 12.1 Å². The molecule has 0 aliphatic rings. The molecule has 0 atom stereocenters. The molecule has 0 aliphatic carbocycles. The number of hydrogen-bond acceptors (Lipinski definition) is 1. The van der Waals surface area contributed by atoms with Gasteiger partial charge in [-0.05, 0) is 30.0 Å². The molecule has 1 aromatic carbocycles. The van der Waals surface area contributed by atoms with Crippen molar-refractivity contribution in [3.05, 3.63) is 34.1 Å². The lowest BCUT2D eigenvalue weighted by molar-refractivity contribution is -0.107. The molecule has 1 rings (SSSR count). The SMILES string of the molecule is CCc1cc(CCC=O)cc(Cl)c1F. The van der Waals surface area contributed by atoms with Crippen molar-refractivity contribution in [2.75, 3.05) is 0 Å². The van der Waals surface area contributed by atoms with Gasteiger partial charge in [-0.1, -0.05) is 24.6 Å². The van der Waals surface area contributed by atoms with E-state index in [2.05, 4.69) is 0 Å². The van der Waals surface area contributed by atoms with Gasteiger partial charge in [0.1, 0.15) is 12.1 Å². The van der Waals surface area contributed by atoms with Crippen molar-refractivity contribution < 1.29 is 9.18 Å². The Hall–Kier alpha value is -0.890. The summed E-state index contributed by atoms with van der Waals surface area (Å²) in [7, 11) is 0. The Kier molecular flexibility index (Phi) is 4.08. The van der Waals surface area contributed by atoms with Crippen molar-refractivity contribution in [1.82, 2.24) is 0 Å². The average Bonchev–Trinajstić information content (AvgIpc) is 2.19. The maximum atomic E-state index is 13.3. The second kappa shape index (κ2) is 5.11. The summed E-state index contributed by atoms with van der Waals surface area (Å²) in [5, 5.41) is 0.144. The summed E-state index contributed by atoms with van der Waals surface area (Å²) in [6.07, 6.45) is 2.53. The van der Waals surface area contributed by atoms with Crippen molar-refractivity contribution in [3.63, 3.8) is 0 Å². The highest BCUT2D eigenvalue weighted by Crippen LogP contribution is 2.21. The van der Waals surface area contributed by atoms with Crippen molar-refractivity contribution in [2.24, 2.45) is 0 Å². The molecular weight excluding hydrogens is 203 g/mol. The number of carbonyl (C=O) groups excluding carboxylic acids is 1. The van der Waals surface area contributed by atoms with Gasteiger partial charge in [0, 0.05) is 6.42 Å². The van der Waals surface area contributed by atoms with E-state index in [1.54, 1.807) is 12.1 Å². The molecule has 0 radical (unpaired) electrons. The van der Waals surface area contributed by atoms with Crippen LogP contribution in [0.3, 0.4) is 0 Å². The molecule has 0 amide bonds. The predicted molar refractivity (Wildman–Crippen MR) is 55.2 cm³/mol. The molecule has 0 aliphatic heterocycles. The van der Waals surface area contributed by atoms with Gasteiger partial charge in [-0.15, -0.1) is 0 Å². The third kappa shape index (κ3) is 2.55. The summed E-state index contributed by atoms with van der Waals surface area (Å²) >= 11 is 5.71. The summed E-state index contributed by atoms with van der Waals surface area (Å²) < 4.78 is 13.3. The van der Waals surface area contributed by atoms with Crippen LogP contribution in [-0.4, -0.2) is 6.29 Å². The Labute approximate surface area is 87.9 Å². The number of hydrogen-bond donors (Lipinski definition) is 0. The van der Waals surface area contributed by atoms with Crippen molar-refractivity contribution in [1.29, 1.82) is 0 Å². The summed E-state index contributed by atoms with van der Waals surface area (Å²) in [6, 6.07) is 3.35. The van der Waals surface area contributed by atoms with Crippen LogP contribution in [-0.2, 0) is 17.6 Å². The molecule has 0 unspecified atom stereocenters. The van der Waals surface area contributed by atoms with Gasteiger partial charge in [-0.2, -0.15) is 0 Å². The van der Waals surface area contributed by atoms with Crippen LogP contribution in [0.2, 0.25) is 5.02 Å². The highest BCUT2D eigenvalue weighted by molar-refractivity contribution is 6.30. The van der Waals surface area contributed by atoms with E-state index in [-0.39, 0.29) is 10.8 Å². The number of benzene rings is 1. The minimum Gasteiger partial charge on any atom is -0.303 e. The summed E-state index contributed by atoms with van der Waals surface area (Å²) in [5.74, 6) is -0.344. The minimum absolute atomic E-state index is 0.144. The zero-order valence-electron chi connectivity index (χ0n) is 8.02. The van der Waals surface area contributed by atoms with Gasteiger partial charge in [0.15, 0.2) is 0 Å². The van der Waals surface area contributed by atoms with Crippen LogP contribution >= 0.6 is 11.6 Å². The highest BCUT2D eigenvalue weighted by atomic mass is 35.5. The van der Waals surface area contributed by atoms with E-state index in [4.69, 9.17) is 11.6 Å². The zero-order valence-corrected chi connectivity index (χ0v) is 8.77. The minimum atomic E-state index is -0.344. The smallest absolute Gasteiger partial charge is 0.144 e. The molecule has 1 aromatic rings. The third-order valence-electron chi connectivity index (χ3n) is 2.10. The summed E-state index contributed by atoms with van der Waals surface area (Å²) in [4.78, 5) is 10.2. The fourth-order valence-electron chi connectivity index (χ4n) is 1.34. The van der Waals surface area contributed by atoms with E-state index >= 15 is 0 Å². The van der Waals surface area contributed by atoms with E-state index in [9.17, 15) is 9.18 Å². The molecule has 3 heteroatoms. The second-order valence-corrected chi connectivity index (χ2v) is 3.52. The van der Waals surface area contributed by atoms with Gasteiger partial charge in [-0.25, -0.2) is 4.39 Å². The maximum absolute atomic E-state index is 13.3. The largest absolute Gasteiger partial charge is 0.303 e. The number of carbonyl (C=O) groups is 1. The van der Waals surface area contributed by atoms with Gasteiger partial charge >= 0.3 is 0 Å². The van der Waals surface area contributed by atoms with E-state index < -0.39 is 0 Å². The van der Waals surface area contributed by atoms with Crippen LogP contribution in [0.5, 0.6) is 0 Å².